The predicted octanol–water partition coefficient (Wildman–Crippen LogP) is 2.69. The van der Waals surface area contributed by atoms with Crippen molar-refractivity contribution in [2.75, 3.05) is 0 Å². The van der Waals surface area contributed by atoms with Crippen molar-refractivity contribution >= 4 is 13.3 Å². The molecule has 0 bridgehead atoms. The van der Waals surface area contributed by atoms with E-state index in [4.69, 9.17) is 0 Å². The van der Waals surface area contributed by atoms with Crippen LogP contribution in [0.3, 0.4) is 0 Å². The monoisotopic (exact) mass is 246 g/mol. The Labute approximate surface area is 117 Å². The lowest BCUT2D eigenvalue weighted by atomic mass is 9.95. The summed E-state index contributed by atoms with van der Waals surface area (Å²) in [5.74, 6) is 6.41. The van der Waals surface area contributed by atoms with Crippen LogP contribution in [0.15, 0.2) is 48.5 Å². The third-order valence-electron chi connectivity index (χ3n) is 3.18. The maximum atomic E-state index is 3.21. The summed E-state index contributed by atoms with van der Waals surface area (Å²) in [5.41, 5.74) is 4.83. The molecule has 2 aromatic carbocycles. The summed E-state index contributed by atoms with van der Waals surface area (Å²) in [5, 5.41) is 0. The lowest BCUT2D eigenvalue weighted by Crippen LogP contribution is -1.99. The van der Waals surface area contributed by atoms with Crippen LogP contribution < -0.4 is 5.46 Å². The first kappa shape index (κ1) is 13.5. The van der Waals surface area contributed by atoms with Gasteiger partial charge in [-0.05, 0) is 42.7 Å². The lowest BCUT2D eigenvalue weighted by Gasteiger charge is -1.99. The number of aryl methyl sites for hydroxylation is 1. The summed E-state index contributed by atoms with van der Waals surface area (Å²) in [7, 11) is 2.09. The number of rotatable bonds is 3. The van der Waals surface area contributed by atoms with Crippen molar-refractivity contribution in [1.82, 2.24) is 0 Å². The van der Waals surface area contributed by atoms with Gasteiger partial charge in [0, 0.05) is 11.1 Å². The summed E-state index contributed by atoms with van der Waals surface area (Å²) in [6, 6.07) is 16.9. The third-order valence-corrected chi connectivity index (χ3v) is 3.18. The zero-order valence-electron chi connectivity index (χ0n) is 11.7. The molecule has 2 rings (SSSR count). The van der Waals surface area contributed by atoms with Crippen LogP contribution in [0.2, 0.25) is 0 Å². The SMILES string of the molecule is Bc1ccc(C#Cc2ccc(CCCC)cc2)cc1. The molecule has 0 N–H and O–H groups in total. The van der Waals surface area contributed by atoms with Gasteiger partial charge in [0.15, 0.2) is 0 Å². The molecule has 0 fully saturated rings. The van der Waals surface area contributed by atoms with E-state index in [-0.39, 0.29) is 0 Å². The molecule has 0 nitrogen and oxygen atoms in total. The van der Waals surface area contributed by atoms with E-state index in [1.807, 2.05) is 0 Å². The van der Waals surface area contributed by atoms with Crippen molar-refractivity contribution in [2.24, 2.45) is 0 Å². The van der Waals surface area contributed by atoms with Crippen molar-refractivity contribution in [3.05, 3.63) is 65.2 Å². The number of hydrogen-bond acceptors (Lipinski definition) is 0. The molecule has 1 heteroatoms. The van der Waals surface area contributed by atoms with E-state index >= 15 is 0 Å². The highest BCUT2D eigenvalue weighted by molar-refractivity contribution is 6.32. The normalized spacial score (nSPS) is 9.74. The van der Waals surface area contributed by atoms with E-state index < -0.39 is 0 Å². The summed E-state index contributed by atoms with van der Waals surface area (Å²) < 4.78 is 0. The summed E-state index contributed by atoms with van der Waals surface area (Å²) in [6.45, 7) is 2.22. The molecule has 94 valence electrons. The molecule has 0 amide bonds. The van der Waals surface area contributed by atoms with Crippen LogP contribution in [0.4, 0.5) is 0 Å². The number of benzene rings is 2. The fourth-order valence-electron chi connectivity index (χ4n) is 1.92. The van der Waals surface area contributed by atoms with Crippen molar-refractivity contribution in [2.45, 2.75) is 26.2 Å². The molecule has 0 radical (unpaired) electrons. The fraction of sp³-hybridized carbons (Fsp3) is 0.222. The van der Waals surface area contributed by atoms with Crippen LogP contribution >= 0.6 is 0 Å². The van der Waals surface area contributed by atoms with Gasteiger partial charge in [-0.1, -0.05) is 54.9 Å². The van der Waals surface area contributed by atoms with Gasteiger partial charge >= 0.3 is 0 Å². The molecular formula is C18H19B. The molecule has 0 unspecified atom stereocenters. The highest BCUT2D eigenvalue weighted by Gasteiger charge is 1.92. The van der Waals surface area contributed by atoms with Crippen molar-refractivity contribution < 1.29 is 0 Å². The first-order valence-corrected chi connectivity index (χ1v) is 6.95. The van der Waals surface area contributed by atoms with E-state index in [2.05, 4.69) is 75.1 Å². The Balaban J connectivity index is 2.05. The van der Waals surface area contributed by atoms with Gasteiger partial charge in [-0.15, -0.1) is 0 Å². The highest BCUT2D eigenvalue weighted by Crippen LogP contribution is 2.07. The Morgan fingerprint density at radius 1 is 0.842 bits per heavy atom. The largest absolute Gasteiger partial charge is 0.139 e. The second-order valence-electron chi connectivity index (χ2n) is 4.92. The van der Waals surface area contributed by atoms with Crippen LogP contribution in [0.25, 0.3) is 0 Å². The minimum absolute atomic E-state index is 1.07. The van der Waals surface area contributed by atoms with E-state index in [1.54, 1.807) is 0 Å². The zero-order valence-corrected chi connectivity index (χ0v) is 11.7. The molecule has 0 aromatic heterocycles. The molecule has 0 saturated carbocycles. The van der Waals surface area contributed by atoms with Crippen molar-refractivity contribution in [3.63, 3.8) is 0 Å². The van der Waals surface area contributed by atoms with Gasteiger partial charge in [-0.3, -0.25) is 0 Å². The van der Waals surface area contributed by atoms with Gasteiger partial charge < -0.3 is 0 Å². The Bertz CT molecular complexity index is 568. The highest BCUT2D eigenvalue weighted by atomic mass is 14.0. The Morgan fingerprint density at radius 2 is 1.37 bits per heavy atom. The molecule has 2 aromatic rings. The minimum Gasteiger partial charge on any atom is -0.0889 e. The number of hydrogen-bond donors (Lipinski definition) is 0. The maximum Gasteiger partial charge on any atom is 0.139 e. The van der Waals surface area contributed by atoms with Crippen LogP contribution in [-0.2, 0) is 6.42 Å². The van der Waals surface area contributed by atoms with Gasteiger partial charge in [-0.2, -0.15) is 0 Å². The quantitative estimate of drug-likeness (QED) is 0.577. The molecule has 0 aliphatic heterocycles. The first-order valence-electron chi connectivity index (χ1n) is 6.95. The molecule has 0 atom stereocenters. The number of unbranched alkanes of at least 4 members (excludes halogenated alkanes) is 1. The predicted molar refractivity (Wildman–Crippen MR) is 85.7 cm³/mol. The minimum atomic E-state index is 1.07. The van der Waals surface area contributed by atoms with Crippen LogP contribution in [0.5, 0.6) is 0 Å². The zero-order chi connectivity index (χ0) is 13.5. The average molecular weight is 246 g/mol. The topological polar surface area (TPSA) is 0 Å². The summed E-state index contributed by atoms with van der Waals surface area (Å²) in [4.78, 5) is 0. The van der Waals surface area contributed by atoms with E-state index in [9.17, 15) is 0 Å². The van der Waals surface area contributed by atoms with Gasteiger partial charge in [-0.25, -0.2) is 0 Å². The van der Waals surface area contributed by atoms with Gasteiger partial charge in [0.2, 0.25) is 0 Å². The Morgan fingerprint density at radius 3 is 1.89 bits per heavy atom. The molecule has 0 aliphatic carbocycles. The van der Waals surface area contributed by atoms with Crippen LogP contribution in [0.1, 0.15) is 36.5 Å². The average Bonchev–Trinajstić information content (AvgIpc) is 2.46. The molecule has 0 spiro atoms. The van der Waals surface area contributed by atoms with E-state index in [1.165, 1.54) is 30.3 Å². The molecule has 0 heterocycles. The second-order valence-corrected chi connectivity index (χ2v) is 4.92. The van der Waals surface area contributed by atoms with Crippen molar-refractivity contribution in [1.29, 1.82) is 0 Å². The molecule has 0 saturated heterocycles. The van der Waals surface area contributed by atoms with E-state index in [0.717, 1.165) is 11.1 Å². The van der Waals surface area contributed by atoms with Crippen LogP contribution in [0, 0.1) is 11.8 Å². The maximum absolute atomic E-state index is 3.21. The molecule has 0 aliphatic rings. The van der Waals surface area contributed by atoms with Gasteiger partial charge in [0.1, 0.15) is 7.85 Å². The first-order chi connectivity index (χ1) is 9.28. The summed E-state index contributed by atoms with van der Waals surface area (Å²) >= 11 is 0. The van der Waals surface area contributed by atoms with E-state index in [0.29, 0.717) is 0 Å². The fourth-order valence-corrected chi connectivity index (χ4v) is 1.92. The Hall–Kier alpha value is -1.94. The van der Waals surface area contributed by atoms with Gasteiger partial charge in [0.05, 0.1) is 0 Å². The molecule has 19 heavy (non-hydrogen) atoms. The molecular weight excluding hydrogens is 227 g/mol. The standard InChI is InChI=1S/C18H19B/c1-2-3-4-15-5-7-16(8-6-15)9-10-17-11-13-18(19)14-12-17/h5-8,11-14H,2-4,19H2,1H3. The third kappa shape index (κ3) is 4.34. The van der Waals surface area contributed by atoms with Crippen LogP contribution in [-0.4, -0.2) is 7.85 Å². The van der Waals surface area contributed by atoms with Crippen molar-refractivity contribution in [3.8, 4) is 11.8 Å². The smallest absolute Gasteiger partial charge is 0.0889 e. The lowest BCUT2D eigenvalue weighted by molar-refractivity contribution is 0.795. The summed E-state index contributed by atoms with van der Waals surface area (Å²) in [6.07, 6.45) is 3.67. The van der Waals surface area contributed by atoms with Gasteiger partial charge in [0.25, 0.3) is 0 Å². The Kier molecular flexibility index (Phi) is 4.87. The second kappa shape index (κ2) is 6.85.